The van der Waals surface area contributed by atoms with Crippen molar-refractivity contribution in [2.45, 2.75) is 6.10 Å². The number of anilines is 1. The highest BCUT2D eigenvalue weighted by Gasteiger charge is 2.35. The standard InChI is InChI=1S/C14H17N3O4S/c1-17-14(15)6-11(16-17)9-3-4-12(20-2)13(5-9)21-10-7-22(18,19)8-10/h3-6,10H,7-8,15H2,1-2H3. The number of benzene rings is 1. The summed E-state index contributed by atoms with van der Waals surface area (Å²) < 4.78 is 35.0. The first-order chi connectivity index (χ1) is 10.4. The summed E-state index contributed by atoms with van der Waals surface area (Å²) in [4.78, 5) is 0. The number of nitrogens with zero attached hydrogens (tertiary/aromatic N) is 2. The van der Waals surface area contributed by atoms with Gasteiger partial charge in [-0.05, 0) is 18.2 Å². The normalized spacial score (nSPS) is 17.0. The largest absolute Gasteiger partial charge is 0.493 e. The summed E-state index contributed by atoms with van der Waals surface area (Å²) in [6.45, 7) is 0. The van der Waals surface area contributed by atoms with Crippen LogP contribution in [-0.2, 0) is 16.9 Å². The fraction of sp³-hybridized carbons (Fsp3) is 0.357. The Bertz CT molecular complexity index is 782. The van der Waals surface area contributed by atoms with Gasteiger partial charge in [0, 0.05) is 18.7 Å². The van der Waals surface area contributed by atoms with E-state index in [0.29, 0.717) is 23.0 Å². The lowest BCUT2D eigenvalue weighted by atomic mass is 10.1. The lowest BCUT2D eigenvalue weighted by molar-refractivity contribution is 0.219. The van der Waals surface area contributed by atoms with Gasteiger partial charge in [-0.2, -0.15) is 5.10 Å². The highest BCUT2D eigenvalue weighted by atomic mass is 32.2. The van der Waals surface area contributed by atoms with Crippen LogP contribution in [0.4, 0.5) is 5.82 Å². The highest BCUT2D eigenvalue weighted by molar-refractivity contribution is 7.92. The van der Waals surface area contributed by atoms with Gasteiger partial charge >= 0.3 is 0 Å². The topological polar surface area (TPSA) is 96.4 Å². The van der Waals surface area contributed by atoms with E-state index in [9.17, 15) is 8.42 Å². The Morgan fingerprint density at radius 2 is 2.00 bits per heavy atom. The molecule has 1 aliphatic rings. The van der Waals surface area contributed by atoms with E-state index in [1.54, 1.807) is 29.9 Å². The van der Waals surface area contributed by atoms with Crippen LogP contribution in [0.25, 0.3) is 11.3 Å². The molecular weight excluding hydrogens is 306 g/mol. The van der Waals surface area contributed by atoms with Crippen LogP contribution < -0.4 is 15.2 Å². The lowest BCUT2D eigenvalue weighted by Crippen LogP contribution is -2.45. The van der Waals surface area contributed by atoms with E-state index in [1.165, 1.54) is 7.11 Å². The first-order valence-corrected chi connectivity index (χ1v) is 8.55. The van der Waals surface area contributed by atoms with Gasteiger partial charge in [-0.3, -0.25) is 4.68 Å². The predicted molar refractivity (Wildman–Crippen MR) is 82.7 cm³/mol. The number of ether oxygens (including phenoxy) is 2. The SMILES string of the molecule is COc1ccc(-c2cc(N)n(C)n2)cc1OC1CS(=O)(=O)C1. The molecule has 0 spiro atoms. The van der Waals surface area contributed by atoms with Gasteiger partial charge < -0.3 is 15.2 Å². The monoisotopic (exact) mass is 323 g/mol. The van der Waals surface area contributed by atoms with E-state index in [1.807, 2.05) is 6.07 Å². The van der Waals surface area contributed by atoms with Crippen molar-refractivity contribution in [2.75, 3.05) is 24.3 Å². The van der Waals surface area contributed by atoms with Crippen LogP contribution in [0.2, 0.25) is 0 Å². The number of sulfone groups is 1. The molecular formula is C14H17N3O4S. The van der Waals surface area contributed by atoms with E-state index >= 15 is 0 Å². The van der Waals surface area contributed by atoms with Gasteiger partial charge in [0.2, 0.25) is 0 Å². The third-order valence-electron chi connectivity index (χ3n) is 3.55. The number of aromatic nitrogens is 2. The molecule has 2 heterocycles. The molecule has 0 bridgehead atoms. The maximum Gasteiger partial charge on any atom is 0.162 e. The predicted octanol–water partition coefficient (Wildman–Crippen LogP) is 0.854. The van der Waals surface area contributed by atoms with Crippen LogP contribution in [0.15, 0.2) is 24.3 Å². The quantitative estimate of drug-likeness (QED) is 0.896. The van der Waals surface area contributed by atoms with Crippen LogP contribution in [0.3, 0.4) is 0 Å². The zero-order valence-corrected chi connectivity index (χ0v) is 13.1. The van der Waals surface area contributed by atoms with E-state index in [2.05, 4.69) is 5.10 Å². The van der Waals surface area contributed by atoms with Crippen LogP contribution in [0.1, 0.15) is 0 Å². The van der Waals surface area contributed by atoms with Crippen molar-refractivity contribution in [2.24, 2.45) is 7.05 Å². The number of rotatable bonds is 4. The van der Waals surface area contributed by atoms with E-state index in [4.69, 9.17) is 15.2 Å². The van der Waals surface area contributed by atoms with Crippen LogP contribution in [-0.4, -0.2) is 42.9 Å². The summed E-state index contributed by atoms with van der Waals surface area (Å²) in [5, 5.41) is 4.31. The maximum absolute atomic E-state index is 11.2. The Morgan fingerprint density at radius 1 is 1.27 bits per heavy atom. The van der Waals surface area contributed by atoms with Crippen LogP contribution in [0, 0.1) is 0 Å². The van der Waals surface area contributed by atoms with Crippen molar-refractivity contribution in [3.63, 3.8) is 0 Å². The molecule has 0 unspecified atom stereocenters. The molecule has 0 aliphatic carbocycles. The number of aryl methyl sites for hydroxylation is 1. The molecule has 1 aliphatic heterocycles. The molecule has 0 amide bonds. The molecule has 2 N–H and O–H groups in total. The van der Waals surface area contributed by atoms with Gasteiger partial charge in [0.05, 0.1) is 24.3 Å². The minimum atomic E-state index is -2.93. The summed E-state index contributed by atoms with van der Waals surface area (Å²) in [7, 11) is 0.370. The molecule has 2 aromatic rings. The Hall–Kier alpha value is -2.22. The van der Waals surface area contributed by atoms with Gasteiger partial charge in [-0.15, -0.1) is 0 Å². The van der Waals surface area contributed by atoms with E-state index in [-0.39, 0.29) is 17.6 Å². The van der Waals surface area contributed by atoms with Gasteiger partial charge in [-0.1, -0.05) is 0 Å². The fourth-order valence-electron chi connectivity index (χ4n) is 2.32. The van der Waals surface area contributed by atoms with Crippen LogP contribution >= 0.6 is 0 Å². The van der Waals surface area contributed by atoms with Crippen molar-refractivity contribution in [1.29, 1.82) is 0 Å². The zero-order valence-electron chi connectivity index (χ0n) is 12.3. The molecule has 0 saturated carbocycles. The fourth-order valence-corrected chi connectivity index (χ4v) is 3.49. The zero-order chi connectivity index (χ0) is 15.9. The second kappa shape index (κ2) is 5.20. The van der Waals surface area contributed by atoms with Crippen molar-refractivity contribution >= 4 is 15.7 Å². The molecule has 1 aromatic carbocycles. The Balaban J connectivity index is 1.89. The van der Waals surface area contributed by atoms with Gasteiger partial charge in [-0.25, -0.2) is 8.42 Å². The molecule has 0 atom stereocenters. The third-order valence-corrected chi connectivity index (χ3v) is 5.31. The second-order valence-corrected chi connectivity index (χ2v) is 7.41. The van der Waals surface area contributed by atoms with E-state index < -0.39 is 9.84 Å². The Morgan fingerprint density at radius 3 is 2.55 bits per heavy atom. The number of nitrogens with two attached hydrogens (primary N) is 1. The Kier molecular flexibility index (Phi) is 3.48. The smallest absolute Gasteiger partial charge is 0.162 e. The molecule has 22 heavy (non-hydrogen) atoms. The first-order valence-electron chi connectivity index (χ1n) is 6.73. The average Bonchev–Trinajstić information content (AvgIpc) is 2.76. The third kappa shape index (κ3) is 2.74. The number of methoxy groups -OCH3 is 1. The lowest BCUT2D eigenvalue weighted by Gasteiger charge is -2.27. The van der Waals surface area contributed by atoms with Crippen LogP contribution in [0.5, 0.6) is 11.5 Å². The summed E-state index contributed by atoms with van der Waals surface area (Å²) in [5.41, 5.74) is 7.33. The maximum atomic E-state index is 11.2. The summed E-state index contributed by atoms with van der Waals surface area (Å²) in [5.74, 6) is 1.69. The van der Waals surface area contributed by atoms with Crippen molar-refractivity contribution in [3.8, 4) is 22.8 Å². The van der Waals surface area contributed by atoms with Crippen molar-refractivity contribution in [3.05, 3.63) is 24.3 Å². The summed E-state index contributed by atoms with van der Waals surface area (Å²) >= 11 is 0. The molecule has 3 rings (SSSR count). The molecule has 7 nitrogen and oxygen atoms in total. The minimum Gasteiger partial charge on any atom is -0.493 e. The number of hydrogen-bond donors (Lipinski definition) is 1. The molecule has 8 heteroatoms. The Labute approximate surface area is 128 Å². The second-order valence-electron chi connectivity index (χ2n) is 5.26. The average molecular weight is 323 g/mol. The van der Waals surface area contributed by atoms with Gasteiger partial charge in [0.1, 0.15) is 11.9 Å². The summed E-state index contributed by atoms with van der Waals surface area (Å²) in [6, 6.07) is 7.17. The first kappa shape index (κ1) is 14.7. The van der Waals surface area contributed by atoms with Crippen molar-refractivity contribution in [1.82, 2.24) is 9.78 Å². The van der Waals surface area contributed by atoms with Gasteiger partial charge in [0.25, 0.3) is 0 Å². The molecule has 1 fully saturated rings. The molecule has 1 saturated heterocycles. The summed E-state index contributed by atoms with van der Waals surface area (Å²) in [6.07, 6.45) is -0.331. The number of nitrogen functional groups attached to an aromatic ring is 1. The highest BCUT2D eigenvalue weighted by Crippen LogP contribution is 2.34. The van der Waals surface area contributed by atoms with Crippen molar-refractivity contribution < 1.29 is 17.9 Å². The number of hydrogen-bond acceptors (Lipinski definition) is 6. The molecule has 118 valence electrons. The van der Waals surface area contributed by atoms with E-state index in [0.717, 1.165) is 5.56 Å². The minimum absolute atomic E-state index is 0.0386. The molecule has 0 radical (unpaired) electrons. The van der Waals surface area contributed by atoms with Gasteiger partial charge in [0.15, 0.2) is 21.3 Å². The molecule has 1 aromatic heterocycles.